The van der Waals surface area contributed by atoms with Gasteiger partial charge in [0.2, 0.25) is 0 Å². The first-order valence-electron chi connectivity index (χ1n) is 10.1. The van der Waals surface area contributed by atoms with Gasteiger partial charge in [-0.3, -0.25) is 4.79 Å². The quantitative estimate of drug-likeness (QED) is 0.854. The standard InChI is InChI=1S/C20H28N2O4S/c1-13-9-22(10-16-11-25-2-3-26-16)18(27-13)21-17(23)19-5-14-4-15(6-19)8-20(24,7-14)12-19/h9,14-16,24H,2-8,10-12H2,1H3. The summed E-state index contributed by atoms with van der Waals surface area (Å²) >= 11 is 1.55. The van der Waals surface area contributed by atoms with E-state index < -0.39 is 11.0 Å². The molecule has 1 N–H and O–H groups in total. The highest BCUT2D eigenvalue weighted by atomic mass is 32.1. The molecule has 1 aromatic rings. The van der Waals surface area contributed by atoms with Crippen LogP contribution in [0.15, 0.2) is 11.2 Å². The zero-order chi connectivity index (χ0) is 18.6. The van der Waals surface area contributed by atoms with Crippen molar-refractivity contribution in [3.63, 3.8) is 0 Å². The van der Waals surface area contributed by atoms with Gasteiger partial charge in [-0.25, -0.2) is 0 Å². The summed E-state index contributed by atoms with van der Waals surface area (Å²) in [5, 5.41) is 10.9. The summed E-state index contributed by atoms with van der Waals surface area (Å²) in [5.41, 5.74) is -1.08. The molecule has 3 atom stereocenters. The number of carbonyl (C=O) groups is 1. The van der Waals surface area contributed by atoms with Gasteiger partial charge in [-0.05, 0) is 57.3 Å². The van der Waals surface area contributed by atoms with Gasteiger partial charge in [-0.1, -0.05) is 0 Å². The van der Waals surface area contributed by atoms with Gasteiger partial charge < -0.3 is 19.1 Å². The van der Waals surface area contributed by atoms with Gasteiger partial charge in [0.15, 0.2) is 4.80 Å². The van der Waals surface area contributed by atoms with Crippen molar-refractivity contribution in [2.75, 3.05) is 19.8 Å². The maximum absolute atomic E-state index is 13.3. The minimum atomic E-state index is -0.635. The molecule has 7 heteroatoms. The zero-order valence-electron chi connectivity index (χ0n) is 15.9. The van der Waals surface area contributed by atoms with Crippen LogP contribution in [0.1, 0.15) is 43.4 Å². The first kappa shape index (κ1) is 18.0. The molecule has 27 heavy (non-hydrogen) atoms. The van der Waals surface area contributed by atoms with Gasteiger partial charge >= 0.3 is 0 Å². The monoisotopic (exact) mass is 392 g/mol. The molecule has 5 aliphatic rings. The second kappa shape index (κ2) is 6.51. The lowest BCUT2D eigenvalue weighted by atomic mass is 9.47. The van der Waals surface area contributed by atoms with Crippen molar-refractivity contribution in [2.24, 2.45) is 22.2 Å². The van der Waals surface area contributed by atoms with Crippen LogP contribution in [-0.4, -0.2) is 47.1 Å². The van der Waals surface area contributed by atoms with E-state index in [1.54, 1.807) is 11.3 Å². The molecule has 6 nitrogen and oxygen atoms in total. The third kappa shape index (κ3) is 3.33. The van der Waals surface area contributed by atoms with E-state index in [9.17, 15) is 9.90 Å². The summed E-state index contributed by atoms with van der Waals surface area (Å²) in [6.07, 6.45) is 7.36. The number of rotatable bonds is 3. The van der Waals surface area contributed by atoms with Crippen molar-refractivity contribution in [3.05, 3.63) is 15.9 Å². The number of carbonyl (C=O) groups excluding carboxylic acids is 1. The van der Waals surface area contributed by atoms with Crippen molar-refractivity contribution in [1.82, 2.24) is 4.57 Å². The van der Waals surface area contributed by atoms with Crippen LogP contribution in [0.5, 0.6) is 0 Å². The van der Waals surface area contributed by atoms with Crippen LogP contribution >= 0.6 is 11.3 Å². The molecule has 148 valence electrons. The summed E-state index contributed by atoms with van der Waals surface area (Å²) < 4.78 is 13.3. The van der Waals surface area contributed by atoms with Gasteiger partial charge in [0.1, 0.15) is 0 Å². The highest BCUT2D eigenvalue weighted by Crippen LogP contribution is 2.61. The Morgan fingerprint density at radius 1 is 1.33 bits per heavy atom. The third-order valence-electron chi connectivity index (χ3n) is 6.80. The predicted octanol–water partition coefficient (Wildman–Crippen LogP) is 2.03. The van der Waals surface area contributed by atoms with E-state index in [0.717, 1.165) is 35.4 Å². The fourth-order valence-corrected chi connectivity index (χ4v) is 7.09. The number of aromatic nitrogens is 1. The molecule has 3 unspecified atom stereocenters. The Hall–Kier alpha value is -1.02. The Bertz CT molecular complexity index is 793. The number of thiazole rings is 1. The molecule has 2 heterocycles. The minimum absolute atomic E-state index is 0.00191. The van der Waals surface area contributed by atoms with E-state index in [2.05, 4.69) is 4.99 Å². The summed E-state index contributed by atoms with van der Waals surface area (Å²) in [6, 6.07) is 0. The van der Waals surface area contributed by atoms with Crippen LogP contribution in [0.2, 0.25) is 0 Å². The number of amides is 1. The van der Waals surface area contributed by atoms with Crippen molar-refractivity contribution >= 4 is 17.2 Å². The maximum atomic E-state index is 13.3. The molecule has 4 saturated carbocycles. The summed E-state index contributed by atoms with van der Waals surface area (Å²) in [6.45, 7) is 4.53. The smallest absolute Gasteiger partial charge is 0.254 e. The highest BCUT2D eigenvalue weighted by molar-refractivity contribution is 7.09. The van der Waals surface area contributed by atoms with E-state index >= 15 is 0 Å². The van der Waals surface area contributed by atoms with Gasteiger partial charge in [0.05, 0.1) is 43.5 Å². The Morgan fingerprint density at radius 3 is 2.78 bits per heavy atom. The molecule has 0 radical (unpaired) electrons. The first-order chi connectivity index (χ1) is 12.9. The average molecular weight is 393 g/mol. The topological polar surface area (TPSA) is 73.0 Å². The second-order valence-electron chi connectivity index (χ2n) is 9.23. The minimum Gasteiger partial charge on any atom is -0.390 e. The Balaban J connectivity index is 1.42. The summed E-state index contributed by atoms with van der Waals surface area (Å²) in [5.74, 6) is 0.951. The van der Waals surface area contributed by atoms with Crippen LogP contribution in [0.4, 0.5) is 0 Å². The Labute approximate surface area is 163 Å². The number of hydrogen-bond acceptors (Lipinski definition) is 5. The molecule has 6 rings (SSSR count). The van der Waals surface area contributed by atoms with Crippen molar-refractivity contribution in [2.45, 2.75) is 63.7 Å². The molecule has 4 aliphatic carbocycles. The lowest BCUT2D eigenvalue weighted by molar-refractivity contribution is -0.175. The Kier molecular flexibility index (Phi) is 4.35. The highest BCUT2D eigenvalue weighted by Gasteiger charge is 2.60. The molecule has 1 amide bonds. The Morgan fingerprint density at radius 2 is 2.11 bits per heavy atom. The van der Waals surface area contributed by atoms with Gasteiger partial charge in [-0.15, -0.1) is 11.3 Å². The molecule has 0 spiro atoms. The summed E-state index contributed by atoms with van der Waals surface area (Å²) in [7, 11) is 0. The van der Waals surface area contributed by atoms with Crippen LogP contribution in [0.25, 0.3) is 0 Å². The number of aryl methyl sites for hydroxylation is 1. The van der Waals surface area contributed by atoms with E-state index in [1.807, 2.05) is 17.7 Å². The second-order valence-corrected chi connectivity index (χ2v) is 10.4. The fourth-order valence-electron chi connectivity index (χ4n) is 6.25. The van der Waals surface area contributed by atoms with Gasteiger partial charge in [-0.2, -0.15) is 4.99 Å². The molecule has 1 aromatic heterocycles. The maximum Gasteiger partial charge on any atom is 0.254 e. The largest absolute Gasteiger partial charge is 0.390 e. The SMILES string of the molecule is Cc1cn(CC2COCCO2)c(=NC(=O)C23CC4CC(CC(O)(C4)C2)C3)s1. The van der Waals surface area contributed by atoms with Crippen LogP contribution in [0, 0.1) is 24.2 Å². The number of hydrogen-bond donors (Lipinski definition) is 1. The molecule has 1 saturated heterocycles. The van der Waals surface area contributed by atoms with Crippen molar-refractivity contribution in [3.8, 4) is 0 Å². The van der Waals surface area contributed by atoms with Crippen molar-refractivity contribution in [1.29, 1.82) is 0 Å². The van der Waals surface area contributed by atoms with Crippen molar-refractivity contribution < 1.29 is 19.4 Å². The van der Waals surface area contributed by atoms with Gasteiger partial charge in [0.25, 0.3) is 5.91 Å². The molecular weight excluding hydrogens is 364 g/mol. The normalized spacial score (nSPS) is 41.3. The van der Waals surface area contributed by atoms with Gasteiger partial charge in [0, 0.05) is 11.1 Å². The van der Waals surface area contributed by atoms with Crippen LogP contribution in [-0.2, 0) is 20.8 Å². The van der Waals surface area contributed by atoms with Crippen LogP contribution < -0.4 is 4.80 Å². The van der Waals surface area contributed by atoms with Crippen LogP contribution in [0.3, 0.4) is 0 Å². The van der Waals surface area contributed by atoms with E-state index in [4.69, 9.17) is 9.47 Å². The third-order valence-corrected chi connectivity index (χ3v) is 7.74. The number of ether oxygens (including phenoxy) is 2. The average Bonchev–Trinajstić information content (AvgIpc) is 2.92. The number of aliphatic hydroxyl groups is 1. The lowest BCUT2D eigenvalue weighted by Gasteiger charge is -2.58. The zero-order valence-corrected chi connectivity index (χ0v) is 16.7. The molecule has 5 fully saturated rings. The molecular formula is C20H28N2O4S. The molecule has 0 aromatic carbocycles. The van der Waals surface area contributed by atoms with E-state index in [-0.39, 0.29) is 12.0 Å². The molecule has 4 bridgehead atoms. The summed E-state index contributed by atoms with van der Waals surface area (Å²) in [4.78, 5) is 19.8. The number of nitrogens with zero attached hydrogens (tertiary/aromatic N) is 2. The first-order valence-corrected chi connectivity index (χ1v) is 10.9. The van der Waals surface area contributed by atoms with E-state index in [1.165, 1.54) is 6.42 Å². The fraction of sp³-hybridized carbons (Fsp3) is 0.800. The predicted molar refractivity (Wildman–Crippen MR) is 100 cm³/mol. The molecule has 1 aliphatic heterocycles. The lowest BCUT2D eigenvalue weighted by Crippen LogP contribution is -2.58. The van der Waals surface area contributed by atoms with E-state index in [0.29, 0.717) is 44.6 Å².